The van der Waals surface area contributed by atoms with Gasteiger partial charge in [0, 0.05) is 19.6 Å². The van der Waals surface area contributed by atoms with E-state index in [-0.39, 0.29) is 16.8 Å². The van der Waals surface area contributed by atoms with Crippen LogP contribution in [0.15, 0.2) is 35.3 Å². The zero-order valence-corrected chi connectivity index (χ0v) is 15.2. The molecule has 10 heteroatoms. The molecule has 1 fully saturated rings. The average molecular weight is 403 g/mol. The lowest BCUT2D eigenvalue weighted by atomic mass is 10.2. The molecule has 1 aliphatic rings. The van der Waals surface area contributed by atoms with Crippen molar-refractivity contribution in [2.24, 2.45) is 0 Å². The number of halogens is 4. The number of nitrogens with one attached hydrogen (secondary N) is 1. The van der Waals surface area contributed by atoms with Gasteiger partial charge in [-0.2, -0.15) is 23.0 Å². The zero-order valence-electron chi connectivity index (χ0n) is 14.5. The smallest absolute Gasteiger partial charge is 0.380 e. The molecule has 3 rings (SSSR count). The molecule has 0 radical (unpaired) electrons. The Morgan fingerprint density at radius 2 is 2.19 bits per heavy atom. The predicted molar refractivity (Wildman–Crippen MR) is 95.6 cm³/mol. The topological polar surface area (TPSA) is 59.4 Å². The normalized spacial score (nSPS) is 18.5. The van der Waals surface area contributed by atoms with Gasteiger partial charge in [-0.3, -0.25) is 4.79 Å². The monoisotopic (exact) mass is 402 g/mol. The molecule has 0 amide bonds. The van der Waals surface area contributed by atoms with Gasteiger partial charge < -0.3 is 15.0 Å². The molecule has 1 atom stereocenters. The molecule has 0 spiro atoms. The molecule has 1 N–H and O–H groups in total. The van der Waals surface area contributed by atoms with Crippen molar-refractivity contribution in [1.29, 1.82) is 0 Å². The second-order valence-electron chi connectivity index (χ2n) is 6.27. The van der Waals surface area contributed by atoms with E-state index in [4.69, 9.17) is 16.3 Å². The Balaban J connectivity index is 1.80. The fraction of sp³-hybridized carbons (Fsp3) is 0.412. The highest BCUT2D eigenvalue weighted by Crippen LogP contribution is 2.30. The third kappa shape index (κ3) is 4.60. The van der Waals surface area contributed by atoms with Crippen LogP contribution < -0.4 is 10.9 Å². The summed E-state index contributed by atoms with van der Waals surface area (Å²) < 4.78 is 45.1. The van der Waals surface area contributed by atoms with E-state index in [2.05, 4.69) is 15.3 Å². The number of likely N-dealkylation sites (N-methyl/N-ethyl adjacent to an activating group) is 1. The summed E-state index contributed by atoms with van der Waals surface area (Å²) in [6, 6.07) is 4.35. The van der Waals surface area contributed by atoms with Gasteiger partial charge in [-0.25, -0.2) is 0 Å². The van der Waals surface area contributed by atoms with Crippen molar-refractivity contribution in [3.05, 3.63) is 51.4 Å². The summed E-state index contributed by atoms with van der Waals surface area (Å²) in [5, 5.41) is 6.82. The van der Waals surface area contributed by atoms with Crippen molar-refractivity contribution in [3.63, 3.8) is 0 Å². The van der Waals surface area contributed by atoms with E-state index >= 15 is 0 Å². The van der Waals surface area contributed by atoms with Crippen LogP contribution in [0, 0.1) is 0 Å². The van der Waals surface area contributed by atoms with Crippen LogP contribution in [-0.2, 0) is 10.9 Å². The first-order chi connectivity index (χ1) is 12.8. The number of ether oxygens (including phenoxy) is 1. The van der Waals surface area contributed by atoms with E-state index in [0.29, 0.717) is 18.8 Å². The van der Waals surface area contributed by atoms with Gasteiger partial charge in [0.05, 0.1) is 35.8 Å². The molecule has 2 heterocycles. The maximum atomic E-state index is 12.9. The molecule has 2 aromatic rings. The van der Waals surface area contributed by atoms with E-state index < -0.39 is 17.3 Å². The molecule has 1 aliphatic heterocycles. The standard InChI is InChI=1S/C17H18ClF3N4O2/c1-24-5-6-27-13(10-24)8-22-14-9-23-25(16(26)15(14)18)12-4-2-3-11(7-12)17(19,20)21/h2-4,7,9,13,22H,5-6,8,10H2,1H3. The Morgan fingerprint density at radius 3 is 2.89 bits per heavy atom. The molecule has 1 aromatic heterocycles. The molecule has 146 valence electrons. The summed E-state index contributed by atoms with van der Waals surface area (Å²) in [7, 11) is 1.99. The van der Waals surface area contributed by atoms with Crippen LogP contribution in [0.25, 0.3) is 5.69 Å². The molecule has 0 bridgehead atoms. The Kier molecular flexibility index (Phi) is 5.73. The molecule has 1 saturated heterocycles. The van der Waals surface area contributed by atoms with E-state index in [1.54, 1.807) is 0 Å². The van der Waals surface area contributed by atoms with Crippen LogP contribution >= 0.6 is 11.6 Å². The lowest BCUT2D eigenvalue weighted by Crippen LogP contribution is -2.43. The van der Waals surface area contributed by atoms with Crippen LogP contribution in [0.3, 0.4) is 0 Å². The summed E-state index contributed by atoms with van der Waals surface area (Å²) in [6.45, 7) is 2.63. The van der Waals surface area contributed by atoms with Gasteiger partial charge in [0.15, 0.2) is 0 Å². The maximum absolute atomic E-state index is 12.9. The van der Waals surface area contributed by atoms with Crippen molar-refractivity contribution in [1.82, 2.24) is 14.7 Å². The molecule has 1 aromatic carbocycles. The number of aromatic nitrogens is 2. The number of hydrogen-bond donors (Lipinski definition) is 1. The zero-order chi connectivity index (χ0) is 19.6. The van der Waals surface area contributed by atoms with Crippen LogP contribution in [0.5, 0.6) is 0 Å². The van der Waals surface area contributed by atoms with Crippen molar-refractivity contribution < 1.29 is 17.9 Å². The van der Waals surface area contributed by atoms with E-state index in [1.807, 2.05) is 7.05 Å². The first kappa shape index (κ1) is 19.7. The molecule has 1 unspecified atom stereocenters. The van der Waals surface area contributed by atoms with E-state index in [0.717, 1.165) is 29.9 Å². The largest absolute Gasteiger partial charge is 0.416 e. The molecular formula is C17H18ClF3N4O2. The Labute approximate surface area is 158 Å². The van der Waals surface area contributed by atoms with Crippen molar-refractivity contribution in [2.45, 2.75) is 12.3 Å². The van der Waals surface area contributed by atoms with Crippen molar-refractivity contribution in [2.75, 3.05) is 38.6 Å². The summed E-state index contributed by atoms with van der Waals surface area (Å²) in [6.07, 6.45) is -3.26. The summed E-state index contributed by atoms with van der Waals surface area (Å²) in [4.78, 5) is 14.6. The molecule has 27 heavy (non-hydrogen) atoms. The summed E-state index contributed by atoms with van der Waals surface area (Å²) in [5.74, 6) is 0. The van der Waals surface area contributed by atoms with Gasteiger partial charge in [-0.1, -0.05) is 17.7 Å². The van der Waals surface area contributed by atoms with E-state index in [9.17, 15) is 18.0 Å². The van der Waals surface area contributed by atoms with Crippen molar-refractivity contribution >= 4 is 17.3 Å². The number of hydrogen-bond acceptors (Lipinski definition) is 5. The van der Waals surface area contributed by atoms with Crippen molar-refractivity contribution in [3.8, 4) is 5.69 Å². The van der Waals surface area contributed by atoms with Gasteiger partial charge in [0.1, 0.15) is 5.02 Å². The highest BCUT2D eigenvalue weighted by molar-refractivity contribution is 6.32. The molecule has 6 nitrogen and oxygen atoms in total. The lowest BCUT2D eigenvalue weighted by Gasteiger charge is -2.30. The Bertz CT molecular complexity index is 872. The lowest BCUT2D eigenvalue weighted by molar-refractivity contribution is -0.137. The number of alkyl halides is 3. The highest BCUT2D eigenvalue weighted by atomic mass is 35.5. The summed E-state index contributed by atoms with van der Waals surface area (Å²) >= 11 is 6.12. The minimum atomic E-state index is -4.52. The van der Waals surface area contributed by atoms with Gasteiger partial charge in [-0.05, 0) is 25.2 Å². The van der Waals surface area contributed by atoms with Gasteiger partial charge in [-0.15, -0.1) is 0 Å². The fourth-order valence-electron chi connectivity index (χ4n) is 2.77. The van der Waals surface area contributed by atoms with Crippen LogP contribution in [-0.4, -0.2) is 54.1 Å². The second-order valence-corrected chi connectivity index (χ2v) is 6.65. The second kappa shape index (κ2) is 7.87. The number of nitrogens with zero attached hydrogens (tertiary/aromatic N) is 3. The van der Waals surface area contributed by atoms with Crippen LogP contribution in [0.2, 0.25) is 5.02 Å². The number of anilines is 1. The van der Waals surface area contributed by atoms with Crippen LogP contribution in [0.1, 0.15) is 5.56 Å². The number of morpholine rings is 1. The minimum Gasteiger partial charge on any atom is -0.380 e. The molecular weight excluding hydrogens is 385 g/mol. The minimum absolute atomic E-state index is 0.0134. The number of rotatable bonds is 4. The predicted octanol–water partition coefficient (Wildman–Crippen LogP) is 2.65. The molecule has 0 saturated carbocycles. The van der Waals surface area contributed by atoms with E-state index in [1.165, 1.54) is 18.3 Å². The van der Waals surface area contributed by atoms with Gasteiger partial charge in [0.2, 0.25) is 0 Å². The quantitative estimate of drug-likeness (QED) is 0.852. The fourth-order valence-corrected chi connectivity index (χ4v) is 2.96. The third-order valence-corrected chi connectivity index (χ3v) is 4.56. The number of benzene rings is 1. The Morgan fingerprint density at radius 1 is 1.41 bits per heavy atom. The first-order valence-corrected chi connectivity index (χ1v) is 8.63. The first-order valence-electron chi connectivity index (χ1n) is 8.25. The maximum Gasteiger partial charge on any atom is 0.416 e. The average Bonchev–Trinajstić information content (AvgIpc) is 2.62. The third-order valence-electron chi connectivity index (χ3n) is 4.20. The van der Waals surface area contributed by atoms with Gasteiger partial charge in [0.25, 0.3) is 5.56 Å². The molecule has 0 aliphatic carbocycles. The van der Waals surface area contributed by atoms with Gasteiger partial charge >= 0.3 is 6.18 Å². The highest BCUT2D eigenvalue weighted by Gasteiger charge is 2.30. The summed E-state index contributed by atoms with van der Waals surface area (Å²) in [5.41, 5.74) is -1.28. The Hall–Kier alpha value is -2.10. The SMILES string of the molecule is CN1CCOC(CNc2cnn(-c3cccc(C(F)(F)F)c3)c(=O)c2Cl)C1. The van der Waals surface area contributed by atoms with Crippen LogP contribution in [0.4, 0.5) is 18.9 Å².